The first-order valence-electron chi connectivity index (χ1n) is 8.19. The zero-order valence-electron chi connectivity index (χ0n) is 13.0. The molecule has 2 aliphatic carbocycles. The first-order valence-corrected chi connectivity index (χ1v) is 8.19. The Morgan fingerprint density at radius 3 is 2.52 bits per heavy atom. The molecule has 0 saturated heterocycles. The molecule has 2 aliphatic rings. The fourth-order valence-electron chi connectivity index (χ4n) is 3.56. The van der Waals surface area contributed by atoms with Gasteiger partial charge in [-0.05, 0) is 38.2 Å². The van der Waals surface area contributed by atoms with E-state index in [1.165, 1.54) is 30.4 Å². The first-order chi connectivity index (χ1) is 10.0. The minimum Gasteiger partial charge on any atom is -0.354 e. The molecule has 114 valence electrons. The van der Waals surface area contributed by atoms with Crippen LogP contribution in [0.15, 0.2) is 24.3 Å². The highest BCUT2D eigenvalue weighted by Crippen LogP contribution is 2.40. The van der Waals surface area contributed by atoms with Crippen LogP contribution < -0.4 is 11.1 Å². The van der Waals surface area contributed by atoms with Crippen molar-refractivity contribution in [1.82, 2.24) is 5.32 Å². The fraction of sp³-hybridized carbons (Fsp3) is 0.611. The third-order valence-corrected chi connectivity index (χ3v) is 5.27. The first kappa shape index (κ1) is 14.6. The number of rotatable bonds is 4. The van der Waals surface area contributed by atoms with Crippen molar-refractivity contribution in [2.45, 2.75) is 62.8 Å². The second kappa shape index (κ2) is 5.45. The minimum absolute atomic E-state index is 0.0418. The van der Waals surface area contributed by atoms with Gasteiger partial charge in [-0.25, -0.2) is 0 Å². The molecule has 3 rings (SSSR count). The molecule has 2 saturated carbocycles. The van der Waals surface area contributed by atoms with Crippen molar-refractivity contribution in [3.63, 3.8) is 0 Å². The molecule has 2 fully saturated rings. The molecule has 3 N–H and O–H groups in total. The molecule has 0 radical (unpaired) electrons. The number of carbonyl (C=O) groups excluding carboxylic acids is 1. The van der Waals surface area contributed by atoms with Crippen LogP contribution in [0.4, 0.5) is 0 Å². The SMILES string of the molecule is Cc1cccc(C2(CNC(=O)C3(N)CC3)CCCCC2)c1. The Kier molecular flexibility index (Phi) is 3.78. The third kappa shape index (κ3) is 2.98. The zero-order chi connectivity index (χ0) is 14.9. The van der Waals surface area contributed by atoms with E-state index < -0.39 is 5.54 Å². The van der Waals surface area contributed by atoms with Crippen LogP contribution in [0.25, 0.3) is 0 Å². The van der Waals surface area contributed by atoms with E-state index in [1.54, 1.807) is 0 Å². The molecule has 1 amide bonds. The van der Waals surface area contributed by atoms with E-state index in [9.17, 15) is 4.79 Å². The molecule has 0 unspecified atom stereocenters. The van der Waals surface area contributed by atoms with Gasteiger partial charge in [0.05, 0.1) is 5.54 Å². The summed E-state index contributed by atoms with van der Waals surface area (Å²) in [5.41, 5.74) is 8.21. The van der Waals surface area contributed by atoms with Crippen LogP contribution in [0.3, 0.4) is 0 Å². The van der Waals surface area contributed by atoms with Crippen molar-refractivity contribution in [2.75, 3.05) is 6.54 Å². The van der Waals surface area contributed by atoms with Crippen molar-refractivity contribution in [3.05, 3.63) is 35.4 Å². The van der Waals surface area contributed by atoms with Crippen molar-refractivity contribution >= 4 is 5.91 Å². The molecule has 0 atom stereocenters. The van der Waals surface area contributed by atoms with E-state index in [4.69, 9.17) is 5.73 Å². The highest BCUT2D eigenvalue weighted by atomic mass is 16.2. The number of carbonyl (C=O) groups is 1. The van der Waals surface area contributed by atoms with E-state index in [-0.39, 0.29) is 11.3 Å². The predicted octanol–water partition coefficient (Wildman–Crippen LogP) is 2.80. The maximum absolute atomic E-state index is 12.2. The van der Waals surface area contributed by atoms with Crippen molar-refractivity contribution in [1.29, 1.82) is 0 Å². The summed E-state index contributed by atoms with van der Waals surface area (Å²) in [6.45, 7) is 2.87. The summed E-state index contributed by atoms with van der Waals surface area (Å²) in [4.78, 5) is 12.2. The van der Waals surface area contributed by atoms with Gasteiger partial charge in [-0.3, -0.25) is 4.79 Å². The van der Waals surface area contributed by atoms with Gasteiger partial charge in [-0.1, -0.05) is 49.1 Å². The average Bonchev–Trinajstić information content (AvgIpc) is 3.25. The Morgan fingerprint density at radius 2 is 1.90 bits per heavy atom. The van der Waals surface area contributed by atoms with Gasteiger partial charge in [0.15, 0.2) is 0 Å². The highest BCUT2D eigenvalue weighted by Gasteiger charge is 2.46. The minimum atomic E-state index is -0.567. The topological polar surface area (TPSA) is 55.1 Å². The molecule has 0 aromatic heterocycles. The average molecular weight is 286 g/mol. The zero-order valence-corrected chi connectivity index (χ0v) is 13.0. The summed E-state index contributed by atoms with van der Waals surface area (Å²) < 4.78 is 0. The van der Waals surface area contributed by atoms with Gasteiger partial charge in [0.25, 0.3) is 0 Å². The van der Waals surface area contributed by atoms with E-state index in [0.717, 1.165) is 32.2 Å². The van der Waals surface area contributed by atoms with E-state index in [0.29, 0.717) is 0 Å². The number of nitrogens with two attached hydrogens (primary N) is 1. The highest BCUT2D eigenvalue weighted by molar-refractivity contribution is 5.89. The van der Waals surface area contributed by atoms with Crippen molar-refractivity contribution < 1.29 is 4.79 Å². The Morgan fingerprint density at radius 1 is 1.19 bits per heavy atom. The Hall–Kier alpha value is -1.35. The molecule has 0 spiro atoms. The van der Waals surface area contributed by atoms with E-state index in [2.05, 4.69) is 36.5 Å². The summed E-state index contributed by atoms with van der Waals surface area (Å²) in [7, 11) is 0. The molecule has 0 heterocycles. The van der Waals surface area contributed by atoms with Crippen LogP contribution in [0.2, 0.25) is 0 Å². The maximum Gasteiger partial charge on any atom is 0.240 e. The number of benzene rings is 1. The van der Waals surface area contributed by atoms with Gasteiger partial charge in [0.1, 0.15) is 0 Å². The Balaban J connectivity index is 1.78. The molecule has 21 heavy (non-hydrogen) atoms. The monoisotopic (exact) mass is 286 g/mol. The largest absolute Gasteiger partial charge is 0.354 e. The number of hydrogen-bond acceptors (Lipinski definition) is 2. The summed E-state index contributed by atoms with van der Waals surface area (Å²) in [6.07, 6.45) is 7.78. The molecule has 1 aromatic carbocycles. The lowest BCUT2D eigenvalue weighted by Crippen LogP contribution is -2.49. The quantitative estimate of drug-likeness (QED) is 0.894. The summed E-state index contributed by atoms with van der Waals surface area (Å²) >= 11 is 0. The number of hydrogen-bond donors (Lipinski definition) is 2. The van der Waals surface area contributed by atoms with Gasteiger partial charge in [-0.15, -0.1) is 0 Å². The second-order valence-corrected chi connectivity index (χ2v) is 7.05. The smallest absolute Gasteiger partial charge is 0.240 e. The lowest BCUT2D eigenvalue weighted by Gasteiger charge is -2.38. The number of aryl methyl sites for hydroxylation is 1. The van der Waals surface area contributed by atoms with Gasteiger partial charge in [0.2, 0.25) is 5.91 Å². The molecular formula is C18H26N2O. The summed E-state index contributed by atoms with van der Waals surface area (Å²) in [6, 6.07) is 8.78. The molecule has 0 bridgehead atoms. The molecule has 0 aliphatic heterocycles. The van der Waals surface area contributed by atoms with Crippen LogP contribution >= 0.6 is 0 Å². The third-order valence-electron chi connectivity index (χ3n) is 5.27. The molecular weight excluding hydrogens is 260 g/mol. The van der Waals surface area contributed by atoms with Crippen LogP contribution in [0, 0.1) is 6.92 Å². The van der Waals surface area contributed by atoms with Gasteiger partial charge in [-0.2, -0.15) is 0 Å². The molecule has 1 aromatic rings. The standard InChI is InChI=1S/C18H26N2O/c1-14-6-5-7-15(12-14)17(8-3-2-4-9-17)13-20-16(21)18(19)10-11-18/h5-7,12H,2-4,8-11,13,19H2,1H3,(H,20,21). The predicted molar refractivity (Wildman–Crippen MR) is 85.1 cm³/mol. The number of nitrogens with one attached hydrogen (secondary N) is 1. The second-order valence-electron chi connectivity index (χ2n) is 7.05. The summed E-state index contributed by atoms with van der Waals surface area (Å²) in [5, 5.41) is 3.15. The lowest BCUT2D eigenvalue weighted by atomic mass is 9.69. The van der Waals surface area contributed by atoms with Crippen LogP contribution in [0.1, 0.15) is 56.1 Å². The van der Waals surface area contributed by atoms with Gasteiger partial charge in [0, 0.05) is 12.0 Å². The number of amides is 1. The van der Waals surface area contributed by atoms with E-state index in [1.807, 2.05) is 0 Å². The molecule has 3 heteroatoms. The lowest BCUT2D eigenvalue weighted by molar-refractivity contribution is -0.123. The van der Waals surface area contributed by atoms with Crippen molar-refractivity contribution in [2.24, 2.45) is 5.73 Å². The van der Waals surface area contributed by atoms with Crippen LogP contribution in [-0.2, 0) is 10.2 Å². The Bertz CT molecular complexity index is 528. The Labute approximate surface area is 127 Å². The van der Waals surface area contributed by atoms with Gasteiger partial charge >= 0.3 is 0 Å². The fourth-order valence-corrected chi connectivity index (χ4v) is 3.56. The van der Waals surface area contributed by atoms with Crippen LogP contribution in [-0.4, -0.2) is 18.0 Å². The summed E-state index contributed by atoms with van der Waals surface area (Å²) in [5.74, 6) is 0.0418. The van der Waals surface area contributed by atoms with Crippen LogP contribution in [0.5, 0.6) is 0 Å². The normalized spacial score (nSPS) is 22.6. The van der Waals surface area contributed by atoms with E-state index >= 15 is 0 Å². The molecule has 3 nitrogen and oxygen atoms in total. The van der Waals surface area contributed by atoms with Crippen molar-refractivity contribution in [3.8, 4) is 0 Å². The van der Waals surface area contributed by atoms with Gasteiger partial charge < -0.3 is 11.1 Å². The maximum atomic E-state index is 12.2.